The smallest absolute Gasteiger partial charge is 0.317 e. The predicted octanol–water partition coefficient (Wildman–Crippen LogP) is 2.30. The first-order chi connectivity index (χ1) is 6.94. The molecule has 1 aromatic rings. The molecule has 5 heteroatoms. The Labute approximate surface area is 87.0 Å². The molecule has 1 aromatic heterocycles. The predicted molar refractivity (Wildman–Crippen MR) is 50.7 cm³/mol. The molecule has 0 atom stereocenters. The molecule has 2 rings (SSSR count). The van der Waals surface area contributed by atoms with E-state index in [4.69, 9.17) is 0 Å². The van der Waals surface area contributed by atoms with Crippen LogP contribution in [-0.4, -0.2) is 22.0 Å². The normalized spacial score (nSPS) is 26.4. The van der Waals surface area contributed by atoms with Gasteiger partial charge in [0.05, 0.1) is 12.3 Å². The van der Waals surface area contributed by atoms with E-state index < -0.39 is 6.11 Å². The molecule has 84 valence electrons. The third-order valence-corrected chi connectivity index (χ3v) is 2.66. The van der Waals surface area contributed by atoms with E-state index >= 15 is 0 Å². The fourth-order valence-electron chi connectivity index (χ4n) is 1.88. The molecule has 15 heavy (non-hydrogen) atoms. The number of hydrogen-bond acceptors (Lipinski definition) is 2. The van der Waals surface area contributed by atoms with Crippen molar-refractivity contribution in [3.63, 3.8) is 0 Å². The van der Waals surface area contributed by atoms with Crippen molar-refractivity contribution in [2.45, 2.75) is 37.9 Å². The van der Waals surface area contributed by atoms with Gasteiger partial charge in [-0.15, -0.1) is 0 Å². The van der Waals surface area contributed by atoms with E-state index in [1.165, 1.54) is 0 Å². The van der Waals surface area contributed by atoms with E-state index in [0.717, 1.165) is 12.5 Å². The van der Waals surface area contributed by atoms with Crippen molar-refractivity contribution in [2.24, 2.45) is 7.05 Å². The van der Waals surface area contributed by atoms with Gasteiger partial charge in [-0.2, -0.15) is 13.9 Å². The Morgan fingerprint density at radius 3 is 2.67 bits per heavy atom. The summed E-state index contributed by atoms with van der Waals surface area (Å²) in [6.45, 7) is 0.782. The van der Waals surface area contributed by atoms with Crippen LogP contribution in [0.25, 0.3) is 0 Å². The second-order valence-electron chi connectivity index (χ2n) is 4.16. The molecular formula is C10H14F2N2O. The van der Waals surface area contributed by atoms with Gasteiger partial charge in [0.25, 0.3) is 0 Å². The lowest BCUT2D eigenvalue weighted by molar-refractivity contribution is -0.264. The fraction of sp³-hybridized carbons (Fsp3) is 0.700. The Morgan fingerprint density at radius 1 is 1.53 bits per heavy atom. The van der Waals surface area contributed by atoms with Crippen molar-refractivity contribution in [3.8, 4) is 0 Å². The first kappa shape index (κ1) is 10.5. The molecule has 0 unspecified atom stereocenters. The highest BCUT2D eigenvalue weighted by molar-refractivity contribution is 5.15. The van der Waals surface area contributed by atoms with Crippen LogP contribution in [0, 0.1) is 0 Å². The summed E-state index contributed by atoms with van der Waals surface area (Å²) >= 11 is 0. The zero-order valence-corrected chi connectivity index (χ0v) is 8.78. The maximum absolute atomic E-state index is 12.5. The molecule has 1 saturated carbocycles. The number of hydrogen-bond donors (Lipinski definition) is 0. The number of halogens is 2. The summed E-state index contributed by atoms with van der Waals surface area (Å²) in [5.41, 5.74) is 1.11. The van der Waals surface area contributed by atoms with Crippen molar-refractivity contribution in [1.82, 2.24) is 9.78 Å². The molecule has 0 radical (unpaired) electrons. The average Bonchev–Trinajstić information content (AvgIpc) is 2.41. The summed E-state index contributed by atoms with van der Waals surface area (Å²) in [6, 6.07) is 0. The van der Waals surface area contributed by atoms with E-state index in [1.807, 2.05) is 13.2 Å². The Morgan fingerprint density at radius 2 is 2.20 bits per heavy atom. The van der Waals surface area contributed by atoms with Crippen LogP contribution < -0.4 is 0 Å². The third kappa shape index (κ3) is 2.53. The molecular weight excluding hydrogens is 202 g/mol. The van der Waals surface area contributed by atoms with Crippen molar-refractivity contribution < 1.29 is 13.5 Å². The van der Waals surface area contributed by atoms with Gasteiger partial charge in [0, 0.05) is 20.2 Å². The van der Waals surface area contributed by atoms with Gasteiger partial charge in [0.1, 0.15) is 0 Å². The van der Waals surface area contributed by atoms with E-state index in [0.29, 0.717) is 18.8 Å². The summed E-state index contributed by atoms with van der Waals surface area (Å²) in [6.07, 6.45) is 1.71. The quantitative estimate of drug-likeness (QED) is 0.775. The van der Waals surface area contributed by atoms with E-state index in [2.05, 4.69) is 9.84 Å². The molecule has 1 heterocycles. The summed E-state index contributed by atoms with van der Waals surface area (Å²) in [4.78, 5) is 0. The van der Waals surface area contributed by atoms with Gasteiger partial charge >= 0.3 is 6.11 Å². The number of nitrogens with zero attached hydrogens (tertiary/aromatic N) is 2. The number of ether oxygens (including phenoxy) is 1. The average molecular weight is 216 g/mol. The molecule has 0 aromatic carbocycles. The van der Waals surface area contributed by atoms with Crippen LogP contribution in [0.15, 0.2) is 12.4 Å². The topological polar surface area (TPSA) is 27.1 Å². The summed E-state index contributed by atoms with van der Waals surface area (Å²) < 4.78 is 31.3. The summed E-state index contributed by atoms with van der Waals surface area (Å²) in [7, 11) is 1.84. The lowest BCUT2D eigenvalue weighted by atomic mass is 9.78. The Bertz CT molecular complexity index is 339. The van der Waals surface area contributed by atoms with Crippen LogP contribution in [0.1, 0.15) is 31.2 Å². The van der Waals surface area contributed by atoms with E-state index in [-0.39, 0.29) is 6.10 Å². The SMILES string of the molecule is Cn1cc(C2CC(OC(C)(F)F)C2)cn1. The minimum atomic E-state index is -3.01. The van der Waals surface area contributed by atoms with Crippen molar-refractivity contribution in [3.05, 3.63) is 18.0 Å². The molecule has 3 nitrogen and oxygen atoms in total. The Hall–Kier alpha value is -0.970. The minimum absolute atomic E-state index is 0.310. The number of aryl methyl sites for hydroxylation is 1. The van der Waals surface area contributed by atoms with Gasteiger partial charge in [-0.25, -0.2) is 0 Å². The lowest BCUT2D eigenvalue weighted by Crippen LogP contribution is -2.35. The van der Waals surface area contributed by atoms with Gasteiger partial charge in [0.15, 0.2) is 0 Å². The van der Waals surface area contributed by atoms with Crippen LogP contribution in [-0.2, 0) is 11.8 Å². The number of aromatic nitrogens is 2. The van der Waals surface area contributed by atoms with Gasteiger partial charge in [-0.05, 0) is 24.3 Å². The minimum Gasteiger partial charge on any atom is -0.317 e. The van der Waals surface area contributed by atoms with Crippen LogP contribution in [0.2, 0.25) is 0 Å². The highest BCUT2D eigenvalue weighted by Crippen LogP contribution is 2.40. The maximum atomic E-state index is 12.5. The van der Waals surface area contributed by atoms with Crippen LogP contribution in [0.5, 0.6) is 0 Å². The molecule has 0 spiro atoms. The van der Waals surface area contributed by atoms with Gasteiger partial charge in [-0.3, -0.25) is 4.68 Å². The first-order valence-corrected chi connectivity index (χ1v) is 4.98. The van der Waals surface area contributed by atoms with E-state index in [9.17, 15) is 8.78 Å². The molecule has 0 amide bonds. The van der Waals surface area contributed by atoms with Crippen LogP contribution >= 0.6 is 0 Å². The van der Waals surface area contributed by atoms with Crippen molar-refractivity contribution in [2.75, 3.05) is 0 Å². The maximum Gasteiger partial charge on any atom is 0.353 e. The first-order valence-electron chi connectivity index (χ1n) is 4.98. The monoisotopic (exact) mass is 216 g/mol. The molecule has 1 aliphatic rings. The van der Waals surface area contributed by atoms with Crippen molar-refractivity contribution >= 4 is 0 Å². The second kappa shape index (κ2) is 3.56. The largest absolute Gasteiger partial charge is 0.353 e. The molecule has 1 aliphatic carbocycles. The molecule has 0 bridgehead atoms. The molecule has 0 N–H and O–H groups in total. The second-order valence-corrected chi connectivity index (χ2v) is 4.16. The zero-order chi connectivity index (χ0) is 11.1. The summed E-state index contributed by atoms with van der Waals surface area (Å²) in [5.74, 6) is 0.325. The lowest BCUT2D eigenvalue weighted by Gasteiger charge is -2.35. The number of rotatable bonds is 3. The van der Waals surface area contributed by atoms with Crippen LogP contribution in [0.4, 0.5) is 8.78 Å². The highest BCUT2D eigenvalue weighted by Gasteiger charge is 2.37. The van der Waals surface area contributed by atoms with E-state index in [1.54, 1.807) is 10.9 Å². The molecule has 1 fully saturated rings. The third-order valence-electron chi connectivity index (χ3n) is 2.66. The van der Waals surface area contributed by atoms with Gasteiger partial charge in [0.2, 0.25) is 0 Å². The molecule has 0 aliphatic heterocycles. The van der Waals surface area contributed by atoms with Gasteiger partial charge < -0.3 is 4.74 Å². The summed E-state index contributed by atoms with van der Waals surface area (Å²) in [5, 5.41) is 4.05. The number of alkyl halides is 2. The highest BCUT2D eigenvalue weighted by atomic mass is 19.3. The van der Waals surface area contributed by atoms with Crippen molar-refractivity contribution in [1.29, 1.82) is 0 Å². The Balaban J connectivity index is 1.84. The van der Waals surface area contributed by atoms with Crippen LogP contribution in [0.3, 0.4) is 0 Å². The van der Waals surface area contributed by atoms with Gasteiger partial charge in [-0.1, -0.05) is 0 Å². The fourth-order valence-corrected chi connectivity index (χ4v) is 1.88. The standard InChI is InChI=1S/C10H14F2N2O/c1-10(11,12)15-9-3-7(4-9)8-5-13-14(2)6-8/h5-7,9H,3-4H2,1-2H3. The molecule has 0 saturated heterocycles. The Kier molecular flexibility index (Phi) is 2.50. The zero-order valence-electron chi connectivity index (χ0n) is 8.78.